The molecule has 0 saturated carbocycles. The molecule has 0 unspecified atom stereocenters. The lowest BCUT2D eigenvalue weighted by Gasteiger charge is -2.11. The normalized spacial score (nSPS) is 11.8. The van der Waals surface area contributed by atoms with E-state index in [1.54, 1.807) is 24.3 Å². The molecule has 0 aliphatic carbocycles. The largest absolute Gasteiger partial charge is 0.457 e. The highest BCUT2D eigenvalue weighted by Gasteiger charge is 2.08. The van der Waals surface area contributed by atoms with Crippen molar-refractivity contribution >= 4 is 15.9 Å². The highest BCUT2D eigenvalue weighted by molar-refractivity contribution is 9.10. The van der Waals surface area contributed by atoms with Gasteiger partial charge in [0, 0.05) is 16.6 Å². The zero-order valence-electron chi connectivity index (χ0n) is 10.7. The number of ether oxygens (including phenoxy) is 1. The fourth-order valence-corrected chi connectivity index (χ4v) is 2.45. The van der Waals surface area contributed by atoms with Crippen molar-refractivity contribution in [2.45, 2.75) is 13.0 Å². The molecule has 2 aromatic rings. The minimum Gasteiger partial charge on any atom is -0.457 e. The van der Waals surface area contributed by atoms with Gasteiger partial charge in [0.25, 0.3) is 0 Å². The highest BCUT2D eigenvalue weighted by atomic mass is 79.9. The smallest absolute Gasteiger partial charge is 0.144 e. The number of nitriles is 1. The topological polar surface area (TPSA) is 59.0 Å². The first-order chi connectivity index (χ1) is 9.51. The van der Waals surface area contributed by atoms with E-state index in [1.807, 2.05) is 13.0 Å². The van der Waals surface area contributed by atoms with E-state index in [2.05, 4.69) is 15.9 Å². The highest BCUT2D eigenvalue weighted by Crippen LogP contribution is 2.30. The van der Waals surface area contributed by atoms with Gasteiger partial charge in [0.05, 0.1) is 5.56 Å². The molecule has 0 saturated heterocycles. The third kappa shape index (κ3) is 3.16. The van der Waals surface area contributed by atoms with Crippen LogP contribution in [0.25, 0.3) is 0 Å². The first-order valence-electron chi connectivity index (χ1n) is 5.94. The molecule has 2 rings (SSSR count). The molecule has 0 heterocycles. The predicted octanol–water partition coefficient (Wildman–Crippen LogP) is 4.27. The van der Waals surface area contributed by atoms with Crippen LogP contribution >= 0.6 is 15.9 Å². The summed E-state index contributed by atoms with van der Waals surface area (Å²) in [5, 5.41) is 8.67. The average molecular weight is 335 g/mol. The zero-order valence-corrected chi connectivity index (χ0v) is 12.3. The molecule has 2 aromatic carbocycles. The molecule has 0 radical (unpaired) electrons. The van der Waals surface area contributed by atoms with Crippen molar-refractivity contribution in [2.75, 3.05) is 0 Å². The van der Waals surface area contributed by atoms with Crippen LogP contribution in [0.1, 0.15) is 24.1 Å². The first kappa shape index (κ1) is 14.5. The van der Waals surface area contributed by atoms with Gasteiger partial charge in [0.2, 0.25) is 0 Å². The SMILES string of the molecule is C[C@@H](N)c1ccc(Oc2ccc(C#N)c(F)c2)cc1Br. The number of halogens is 2. The average Bonchev–Trinajstić information content (AvgIpc) is 2.38. The van der Waals surface area contributed by atoms with E-state index in [4.69, 9.17) is 15.7 Å². The lowest BCUT2D eigenvalue weighted by Crippen LogP contribution is -2.05. The summed E-state index contributed by atoms with van der Waals surface area (Å²) < 4.78 is 19.9. The minimum atomic E-state index is -0.601. The molecule has 0 spiro atoms. The molecular formula is C15H12BrFN2O. The Morgan fingerprint density at radius 3 is 2.45 bits per heavy atom. The molecule has 0 fully saturated rings. The monoisotopic (exact) mass is 334 g/mol. The molecule has 0 amide bonds. The number of nitrogens with two attached hydrogens (primary N) is 1. The molecule has 1 atom stereocenters. The Balaban J connectivity index is 2.25. The second kappa shape index (κ2) is 6.04. The maximum atomic E-state index is 13.5. The Kier molecular flexibility index (Phi) is 4.38. The van der Waals surface area contributed by atoms with Crippen LogP contribution in [0.3, 0.4) is 0 Å². The van der Waals surface area contributed by atoms with Gasteiger partial charge in [-0.2, -0.15) is 5.26 Å². The predicted molar refractivity (Wildman–Crippen MR) is 77.9 cm³/mol. The second-order valence-corrected chi connectivity index (χ2v) is 5.18. The van der Waals surface area contributed by atoms with Crippen LogP contribution in [0, 0.1) is 17.1 Å². The van der Waals surface area contributed by atoms with Crippen LogP contribution in [0.4, 0.5) is 4.39 Å². The molecule has 0 aromatic heterocycles. The van der Waals surface area contributed by atoms with E-state index >= 15 is 0 Å². The molecule has 20 heavy (non-hydrogen) atoms. The Morgan fingerprint density at radius 2 is 1.90 bits per heavy atom. The first-order valence-corrected chi connectivity index (χ1v) is 6.73. The van der Waals surface area contributed by atoms with Crippen molar-refractivity contribution in [1.29, 1.82) is 5.26 Å². The van der Waals surface area contributed by atoms with Gasteiger partial charge < -0.3 is 10.5 Å². The summed E-state index contributed by atoms with van der Waals surface area (Å²) in [5.74, 6) is 0.295. The van der Waals surface area contributed by atoms with Crippen molar-refractivity contribution < 1.29 is 9.13 Å². The van der Waals surface area contributed by atoms with E-state index in [9.17, 15) is 4.39 Å². The van der Waals surface area contributed by atoms with Crippen LogP contribution in [0.2, 0.25) is 0 Å². The maximum Gasteiger partial charge on any atom is 0.144 e. The summed E-state index contributed by atoms with van der Waals surface area (Å²) in [5.41, 5.74) is 6.77. The summed E-state index contributed by atoms with van der Waals surface area (Å²) in [6.45, 7) is 1.89. The van der Waals surface area contributed by atoms with Gasteiger partial charge in [-0.05, 0) is 36.8 Å². The quantitative estimate of drug-likeness (QED) is 0.911. The second-order valence-electron chi connectivity index (χ2n) is 4.33. The fourth-order valence-electron chi connectivity index (χ4n) is 1.73. The molecule has 3 nitrogen and oxygen atoms in total. The van der Waals surface area contributed by atoms with Gasteiger partial charge in [0.1, 0.15) is 23.4 Å². The van der Waals surface area contributed by atoms with Crippen molar-refractivity contribution in [1.82, 2.24) is 0 Å². The molecule has 0 aliphatic rings. The number of hydrogen-bond acceptors (Lipinski definition) is 3. The van der Waals surface area contributed by atoms with Gasteiger partial charge in [-0.3, -0.25) is 0 Å². The molecule has 5 heteroatoms. The zero-order chi connectivity index (χ0) is 14.7. The third-order valence-corrected chi connectivity index (χ3v) is 3.45. The number of rotatable bonds is 3. The van der Waals surface area contributed by atoms with Crippen LogP contribution in [0.5, 0.6) is 11.5 Å². The number of hydrogen-bond donors (Lipinski definition) is 1. The van der Waals surface area contributed by atoms with Crippen molar-refractivity contribution in [3.05, 3.63) is 57.8 Å². The molecule has 0 bridgehead atoms. The van der Waals surface area contributed by atoms with Gasteiger partial charge >= 0.3 is 0 Å². The number of benzene rings is 2. The summed E-state index contributed by atoms with van der Waals surface area (Å²) in [4.78, 5) is 0. The Hall–Kier alpha value is -1.90. The van der Waals surface area contributed by atoms with Gasteiger partial charge in [-0.25, -0.2) is 4.39 Å². The van der Waals surface area contributed by atoms with Gasteiger partial charge in [-0.1, -0.05) is 22.0 Å². The summed E-state index contributed by atoms with van der Waals surface area (Å²) in [6.07, 6.45) is 0. The Labute approximate surface area is 124 Å². The van der Waals surface area contributed by atoms with Crippen LogP contribution < -0.4 is 10.5 Å². The Morgan fingerprint density at radius 1 is 1.25 bits per heavy atom. The standard InChI is InChI=1S/C15H12BrFN2O/c1-9(19)13-5-4-11(6-14(13)16)20-12-3-2-10(8-18)15(17)7-12/h2-7,9H,19H2,1H3/t9-/m1/s1. The lowest BCUT2D eigenvalue weighted by atomic mass is 10.1. The van der Waals surface area contributed by atoms with Gasteiger partial charge in [0.15, 0.2) is 0 Å². The summed E-state index contributed by atoms with van der Waals surface area (Å²) in [7, 11) is 0. The van der Waals surface area contributed by atoms with Crippen LogP contribution in [-0.4, -0.2) is 0 Å². The molecule has 0 aliphatic heterocycles. The third-order valence-electron chi connectivity index (χ3n) is 2.76. The molecule has 102 valence electrons. The fraction of sp³-hybridized carbons (Fsp3) is 0.133. The van der Waals surface area contributed by atoms with Gasteiger partial charge in [-0.15, -0.1) is 0 Å². The Bertz CT molecular complexity index is 680. The maximum absolute atomic E-state index is 13.5. The molecule has 2 N–H and O–H groups in total. The molecular weight excluding hydrogens is 323 g/mol. The number of nitrogens with zero attached hydrogens (tertiary/aromatic N) is 1. The van der Waals surface area contributed by atoms with Crippen molar-refractivity contribution in [2.24, 2.45) is 5.73 Å². The van der Waals surface area contributed by atoms with Crippen LogP contribution in [-0.2, 0) is 0 Å². The van der Waals surface area contributed by atoms with E-state index < -0.39 is 5.82 Å². The van der Waals surface area contributed by atoms with E-state index in [0.29, 0.717) is 11.5 Å². The lowest BCUT2D eigenvalue weighted by molar-refractivity contribution is 0.475. The minimum absolute atomic E-state index is 0.00849. The summed E-state index contributed by atoms with van der Waals surface area (Å²) in [6, 6.07) is 11.2. The van der Waals surface area contributed by atoms with E-state index in [-0.39, 0.29) is 11.6 Å². The van der Waals surface area contributed by atoms with E-state index in [1.165, 1.54) is 12.1 Å². The van der Waals surface area contributed by atoms with E-state index in [0.717, 1.165) is 10.0 Å². The van der Waals surface area contributed by atoms with Crippen molar-refractivity contribution in [3.63, 3.8) is 0 Å². The van der Waals surface area contributed by atoms with Crippen LogP contribution in [0.15, 0.2) is 40.9 Å². The summed E-state index contributed by atoms with van der Waals surface area (Å²) >= 11 is 3.42. The van der Waals surface area contributed by atoms with Crippen molar-refractivity contribution in [3.8, 4) is 17.6 Å².